The predicted octanol–water partition coefficient (Wildman–Crippen LogP) is 5.00. The number of fused-ring (bicyclic) bond motifs is 2. The van der Waals surface area contributed by atoms with Crippen molar-refractivity contribution in [1.82, 2.24) is 33.9 Å². The van der Waals surface area contributed by atoms with Gasteiger partial charge >= 0.3 is 0 Å². The molecule has 1 fully saturated rings. The monoisotopic (exact) mass is 579 g/mol. The molecule has 224 valence electrons. The number of imidazole rings is 1. The largest absolute Gasteiger partial charge is 0.492 e. The van der Waals surface area contributed by atoms with Crippen molar-refractivity contribution < 1.29 is 9.53 Å². The van der Waals surface area contributed by atoms with Gasteiger partial charge in [0.2, 0.25) is 0 Å². The number of Topliss-reactive ketones (excluding diaryl/α,β-unsaturated/α-hetero) is 1. The Labute approximate surface area is 253 Å². The summed E-state index contributed by atoms with van der Waals surface area (Å²) in [5, 5.41) is 5.86. The van der Waals surface area contributed by atoms with Gasteiger partial charge in [-0.05, 0) is 56.6 Å². The summed E-state index contributed by atoms with van der Waals surface area (Å²) < 4.78 is 9.90. The van der Waals surface area contributed by atoms with Crippen molar-refractivity contribution in [2.45, 2.75) is 52.6 Å². The summed E-state index contributed by atoms with van der Waals surface area (Å²) in [7, 11) is 2.18. The van der Waals surface area contributed by atoms with E-state index in [1.165, 1.54) is 0 Å². The smallest absolute Gasteiger partial charge is 0.185 e. The fraction of sp³-hybridized carbons (Fsp3) is 0.412. The molecule has 9 heteroatoms. The number of hydrogen-bond acceptors (Lipinski definition) is 7. The fourth-order valence-corrected chi connectivity index (χ4v) is 5.97. The Hall–Kier alpha value is -4.08. The number of piperazine rings is 1. The molecule has 0 radical (unpaired) electrons. The summed E-state index contributed by atoms with van der Waals surface area (Å²) in [5.41, 5.74) is 6.18. The molecule has 4 aromatic heterocycles. The van der Waals surface area contributed by atoms with E-state index in [9.17, 15) is 4.79 Å². The number of carbonyl (C=O) groups is 1. The first kappa shape index (κ1) is 29.0. The highest BCUT2D eigenvalue weighted by molar-refractivity contribution is 5.99. The second-order valence-corrected chi connectivity index (χ2v) is 12.1. The molecule has 1 aliphatic heterocycles. The number of ketones is 1. The van der Waals surface area contributed by atoms with E-state index in [1.54, 1.807) is 6.20 Å². The number of rotatable bonds is 10. The SMILES string of the molecule is Cc1nn(Cc2cccc(C(C)C)n2)c2cccc(CC(=O)c3cnc4cc(OCCN5CCN(C)[C@@H](C)C5)ccn34)c12. The number of pyridine rings is 2. The van der Waals surface area contributed by atoms with Gasteiger partial charge in [-0.15, -0.1) is 0 Å². The number of benzene rings is 1. The minimum absolute atomic E-state index is 0.0105. The van der Waals surface area contributed by atoms with Gasteiger partial charge in [-0.1, -0.05) is 32.0 Å². The quantitative estimate of drug-likeness (QED) is 0.216. The summed E-state index contributed by atoms with van der Waals surface area (Å²) >= 11 is 0. The van der Waals surface area contributed by atoms with Crippen LogP contribution in [0.2, 0.25) is 0 Å². The number of likely N-dealkylation sites (N-methyl/N-ethyl adjacent to an activating group) is 1. The molecule has 0 amide bonds. The first-order chi connectivity index (χ1) is 20.8. The zero-order chi connectivity index (χ0) is 30.1. The molecule has 1 aromatic carbocycles. The van der Waals surface area contributed by atoms with Crippen LogP contribution in [-0.4, -0.2) is 85.6 Å². The fourth-order valence-electron chi connectivity index (χ4n) is 5.97. The van der Waals surface area contributed by atoms with E-state index < -0.39 is 0 Å². The summed E-state index contributed by atoms with van der Waals surface area (Å²) in [6, 6.07) is 16.6. The van der Waals surface area contributed by atoms with Crippen molar-refractivity contribution in [2.24, 2.45) is 0 Å². The maximum Gasteiger partial charge on any atom is 0.185 e. The van der Waals surface area contributed by atoms with Gasteiger partial charge in [0.15, 0.2) is 5.78 Å². The highest BCUT2D eigenvalue weighted by atomic mass is 16.5. The average molecular weight is 580 g/mol. The lowest BCUT2D eigenvalue weighted by Crippen LogP contribution is -2.50. The normalized spacial score (nSPS) is 16.5. The molecule has 1 atom stereocenters. The molecule has 5 aromatic rings. The molecule has 43 heavy (non-hydrogen) atoms. The molecule has 9 nitrogen and oxygen atoms in total. The number of nitrogens with zero attached hydrogens (tertiary/aromatic N) is 7. The number of aromatic nitrogens is 5. The standard InChI is InChI=1S/C34H41N7O2/c1-23(2)29-10-7-9-27(36-29)22-41-30-11-6-8-26(34(30)25(4)37-41)18-32(42)31-20-35-33-19-28(12-13-40(31)33)43-17-16-39-15-14-38(5)24(3)21-39/h6-13,19-20,23-24H,14-18,21-22H2,1-5H3/t24-/m0/s1. The zero-order valence-corrected chi connectivity index (χ0v) is 25.8. The van der Waals surface area contributed by atoms with Crippen LogP contribution in [0.5, 0.6) is 5.75 Å². The predicted molar refractivity (Wildman–Crippen MR) is 169 cm³/mol. The number of aryl methyl sites for hydroxylation is 1. The Morgan fingerprint density at radius 2 is 1.95 bits per heavy atom. The van der Waals surface area contributed by atoms with Crippen LogP contribution >= 0.6 is 0 Å². The van der Waals surface area contributed by atoms with E-state index in [0.717, 1.165) is 65.5 Å². The molecular formula is C34H41N7O2. The van der Waals surface area contributed by atoms with Gasteiger partial charge in [0, 0.05) is 62.0 Å². The number of ether oxygens (including phenoxy) is 1. The van der Waals surface area contributed by atoms with Crippen LogP contribution in [0.4, 0.5) is 0 Å². The van der Waals surface area contributed by atoms with Crippen LogP contribution in [0.15, 0.2) is 60.9 Å². The van der Waals surface area contributed by atoms with E-state index in [-0.39, 0.29) is 12.2 Å². The van der Waals surface area contributed by atoms with E-state index in [2.05, 4.69) is 60.8 Å². The summed E-state index contributed by atoms with van der Waals surface area (Å²) in [4.78, 5) is 27.8. The summed E-state index contributed by atoms with van der Waals surface area (Å²) in [5.74, 6) is 1.14. The Morgan fingerprint density at radius 1 is 1.12 bits per heavy atom. The van der Waals surface area contributed by atoms with Crippen LogP contribution in [0.3, 0.4) is 0 Å². The lowest BCUT2D eigenvalue weighted by atomic mass is 10.0. The lowest BCUT2D eigenvalue weighted by Gasteiger charge is -2.37. The molecule has 1 saturated heterocycles. The molecule has 5 heterocycles. The van der Waals surface area contributed by atoms with Gasteiger partial charge in [0.25, 0.3) is 0 Å². The molecule has 1 aliphatic rings. The van der Waals surface area contributed by atoms with Gasteiger partial charge in [0.1, 0.15) is 23.7 Å². The second kappa shape index (κ2) is 12.3. The van der Waals surface area contributed by atoms with Gasteiger partial charge in [-0.3, -0.25) is 23.8 Å². The van der Waals surface area contributed by atoms with E-state index in [0.29, 0.717) is 36.5 Å². The van der Waals surface area contributed by atoms with Gasteiger partial charge < -0.3 is 9.64 Å². The molecule has 0 aliphatic carbocycles. The Kier molecular flexibility index (Phi) is 8.27. The summed E-state index contributed by atoms with van der Waals surface area (Å²) in [6.45, 7) is 13.9. The van der Waals surface area contributed by atoms with Gasteiger partial charge in [-0.25, -0.2) is 4.98 Å². The van der Waals surface area contributed by atoms with Crippen molar-refractivity contribution in [3.05, 3.63) is 89.3 Å². The van der Waals surface area contributed by atoms with Crippen molar-refractivity contribution >= 4 is 22.3 Å². The third-order valence-corrected chi connectivity index (χ3v) is 8.61. The van der Waals surface area contributed by atoms with E-state index in [1.807, 2.05) is 52.5 Å². The summed E-state index contributed by atoms with van der Waals surface area (Å²) in [6.07, 6.45) is 3.81. The number of carbonyl (C=O) groups excluding carboxylic acids is 1. The molecule has 0 N–H and O–H groups in total. The molecule has 0 saturated carbocycles. The second-order valence-electron chi connectivity index (χ2n) is 12.1. The highest BCUT2D eigenvalue weighted by Gasteiger charge is 2.21. The van der Waals surface area contributed by atoms with Crippen molar-refractivity contribution in [3.63, 3.8) is 0 Å². The van der Waals surface area contributed by atoms with Crippen molar-refractivity contribution in [3.8, 4) is 5.75 Å². The van der Waals surface area contributed by atoms with E-state index in [4.69, 9.17) is 14.8 Å². The van der Waals surface area contributed by atoms with Gasteiger partial charge in [0.05, 0.1) is 29.6 Å². The van der Waals surface area contributed by atoms with Crippen LogP contribution in [0.25, 0.3) is 16.6 Å². The lowest BCUT2D eigenvalue weighted by molar-refractivity contribution is 0.0928. The Balaban J connectivity index is 1.15. The Morgan fingerprint density at radius 3 is 2.77 bits per heavy atom. The minimum Gasteiger partial charge on any atom is -0.492 e. The molecule has 0 unspecified atom stereocenters. The zero-order valence-electron chi connectivity index (χ0n) is 25.8. The number of hydrogen-bond donors (Lipinski definition) is 0. The van der Waals surface area contributed by atoms with Crippen molar-refractivity contribution in [1.29, 1.82) is 0 Å². The van der Waals surface area contributed by atoms with Crippen LogP contribution in [0, 0.1) is 6.92 Å². The molecule has 6 rings (SSSR count). The molecule has 0 bridgehead atoms. The van der Waals surface area contributed by atoms with Crippen LogP contribution < -0.4 is 4.74 Å². The third-order valence-electron chi connectivity index (χ3n) is 8.61. The first-order valence-corrected chi connectivity index (χ1v) is 15.2. The Bertz CT molecular complexity index is 1750. The maximum atomic E-state index is 13.6. The van der Waals surface area contributed by atoms with Gasteiger partial charge in [-0.2, -0.15) is 5.10 Å². The minimum atomic E-state index is 0.0105. The average Bonchev–Trinajstić information content (AvgIpc) is 3.56. The maximum absolute atomic E-state index is 13.6. The highest BCUT2D eigenvalue weighted by Crippen LogP contribution is 2.25. The van der Waals surface area contributed by atoms with E-state index >= 15 is 0 Å². The van der Waals surface area contributed by atoms with Crippen LogP contribution in [-0.2, 0) is 13.0 Å². The molecular weight excluding hydrogens is 538 g/mol. The molecule has 0 spiro atoms. The first-order valence-electron chi connectivity index (χ1n) is 15.2. The topological polar surface area (TPSA) is 80.8 Å². The van der Waals surface area contributed by atoms with Crippen LogP contribution in [0.1, 0.15) is 59.8 Å². The van der Waals surface area contributed by atoms with Crippen molar-refractivity contribution in [2.75, 3.05) is 39.8 Å². The third kappa shape index (κ3) is 6.19.